The van der Waals surface area contributed by atoms with Gasteiger partial charge in [-0.25, -0.2) is 0 Å². The average molecular weight is 272 g/mol. The molecule has 102 valence electrons. The minimum Gasteiger partial charge on any atom is -0.484 e. The molecule has 6 heteroatoms. The summed E-state index contributed by atoms with van der Waals surface area (Å²) in [6, 6.07) is 6.12. The summed E-state index contributed by atoms with van der Waals surface area (Å²) in [7, 11) is 0. The highest BCUT2D eigenvalue weighted by atomic mass is 16.6. The lowest BCUT2D eigenvalue weighted by atomic mass is 10.1. The van der Waals surface area contributed by atoms with Crippen molar-refractivity contribution in [2.75, 3.05) is 6.61 Å². The Morgan fingerprint density at radius 2 is 2.20 bits per heavy atom. The van der Waals surface area contributed by atoms with Crippen LogP contribution < -0.4 is 4.74 Å². The number of pyridine rings is 1. The standard InChI is InChI=1S/C14H12N2O4/c17-12(9-3-4-9)8-20-13-6-5-11(16(18)19)10-2-1-7-15-14(10)13/h1-2,5-7,9H,3-4,8H2. The molecule has 1 fully saturated rings. The van der Waals surface area contributed by atoms with Crippen molar-refractivity contribution >= 4 is 22.4 Å². The van der Waals surface area contributed by atoms with Crippen LogP contribution in [0.2, 0.25) is 0 Å². The normalized spacial score (nSPS) is 14.2. The van der Waals surface area contributed by atoms with Crippen molar-refractivity contribution in [3.05, 3.63) is 40.6 Å². The number of carbonyl (C=O) groups excluding carboxylic acids is 1. The van der Waals surface area contributed by atoms with Crippen LogP contribution in [0.15, 0.2) is 30.5 Å². The van der Waals surface area contributed by atoms with Crippen LogP contribution >= 0.6 is 0 Å². The van der Waals surface area contributed by atoms with Crippen LogP contribution in [-0.2, 0) is 4.79 Å². The molecule has 1 aromatic carbocycles. The number of fused-ring (bicyclic) bond motifs is 1. The molecule has 1 aromatic heterocycles. The van der Waals surface area contributed by atoms with Gasteiger partial charge in [0.25, 0.3) is 5.69 Å². The molecule has 0 spiro atoms. The Kier molecular flexibility index (Phi) is 3.06. The summed E-state index contributed by atoms with van der Waals surface area (Å²) >= 11 is 0. The van der Waals surface area contributed by atoms with Crippen molar-refractivity contribution < 1.29 is 14.5 Å². The van der Waals surface area contributed by atoms with E-state index >= 15 is 0 Å². The van der Waals surface area contributed by atoms with E-state index in [1.54, 1.807) is 18.3 Å². The van der Waals surface area contributed by atoms with Crippen molar-refractivity contribution in [2.24, 2.45) is 5.92 Å². The van der Waals surface area contributed by atoms with Gasteiger partial charge in [-0.15, -0.1) is 0 Å². The van der Waals surface area contributed by atoms with Crippen molar-refractivity contribution in [3.63, 3.8) is 0 Å². The molecule has 0 radical (unpaired) electrons. The Morgan fingerprint density at radius 3 is 2.90 bits per heavy atom. The van der Waals surface area contributed by atoms with Gasteiger partial charge in [-0.05, 0) is 31.0 Å². The molecule has 1 aliphatic carbocycles. The maximum Gasteiger partial charge on any atom is 0.279 e. The second kappa shape index (κ2) is 4.88. The Hall–Kier alpha value is -2.50. The number of hydrogen-bond acceptors (Lipinski definition) is 5. The van der Waals surface area contributed by atoms with Gasteiger partial charge in [0.15, 0.2) is 5.78 Å². The van der Waals surface area contributed by atoms with Crippen molar-refractivity contribution in [3.8, 4) is 5.75 Å². The second-order valence-electron chi connectivity index (χ2n) is 4.77. The Morgan fingerprint density at radius 1 is 1.40 bits per heavy atom. The minimum absolute atomic E-state index is 0.00580. The van der Waals surface area contributed by atoms with E-state index in [1.165, 1.54) is 12.1 Å². The Bertz CT molecular complexity index is 695. The quantitative estimate of drug-likeness (QED) is 0.617. The molecule has 0 saturated heterocycles. The molecular weight excluding hydrogens is 260 g/mol. The van der Waals surface area contributed by atoms with Crippen LogP contribution in [0, 0.1) is 16.0 Å². The molecule has 1 aliphatic rings. The zero-order valence-electron chi connectivity index (χ0n) is 10.6. The van der Waals surface area contributed by atoms with E-state index in [2.05, 4.69) is 4.98 Å². The number of aromatic nitrogens is 1. The van der Waals surface area contributed by atoms with Crippen LogP contribution in [-0.4, -0.2) is 22.3 Å². The number of nitro groups is 1. The predicted molar refractivity (Wildman–Crippen MR) is 71.6 cm³/mol. The van der Waals surface area contributed by atoms with Gasteiger partial charge in [-0.2, -0.15) is 0 Å². The molecule has 0 bridgehead atoms. The summed E-state index contributed by atoms with van der Waals surface area (Å²) in [6.45, 7) is -0.00580. The fourth-order valence-corrected chi connectivity index (χ4v) is 2.08. The zero-order valence-corrected chi connectivity index (χ0v) is 10.6. The van der Waals surface area contributed by atoms with Gasteiger partial charge in [0.2, 0.25) is 0 Å². The lowest BCUT2D eigenvalue weighted by molar-refractivity contribution is -0.383. The maximum atomic E-state index is 11.6. The number of non-ortho nitro benzene ring substituents is 1. The van der Waals surface area contributed by atoms with Gasteiger partial charge in [0, 0.05) is 18.2 Å². The van der Waals surface area contributed by atoms with E-state index in [4.69, 9.17) is 4.74 Å². The molecule has 0 atom stereocenters. The van der Waals surface area contributed by atoms with Crippen molar-refractivity contribution in [1.82, 2.24) is 4.98 Å². The van der Waals surface area contributed by atoms with E-state index < -0.39 is 4.92 Å². The fourth-order valence-electron chi connectivity index (χ4n) is 2.08. The molecule has 0 unspecified atom stereocenters. The van der Waals surface area contributed by atoms with Crippen molar-refractivity contribution in [1.29, 1.82) is 0 Å². The minimum atomic E-state index is -0.455. The molecule has 3 rings (SSSR count). The first-order valence-electron chi connectivity index (χ1n) is 6.34. The highest BCUT2D eigenvalue weighted by Gasteiger charge is 2.29. The first kappa shape index (κ1) is 12.5. The molecular formula is C14H12N2O4. The Labute approximate surface area is 114 Å². The molecule has 1 heterocycles. The van der Waals surface area contributed by atoms with Crippen LogP contribution in [0.25, 0.3) is 10.9 Å². The fraction of sp³-hybridized carbons (Fsp3) is 0.286. The third-order valence-corrected chi connectivity index (χ3v) is 3.31. The smallest absolute Gasteiger partial charge is 0.279 e. The lowest BCUT2D eigenvalue weighted by Crippen LogP contribution is -2.13. The first-order valence-corrected chi connectivity index (χ1v) is 6.34. The molecule has 0 N–H and O–H groups in total. The zero-order chi connectivity index (χ0) is 14.1. The summed E-state index contributed by atoms with van der Waals surface area (Å²) in [5.41, 5.74) is 0.388. The van der Waals surface area contributed by atoms with Crippen LogP contribution in [0.4, 0.5) is 5.69 Å². The molecule has 0 aliphatic heterocycles. The van der Waals surface area contributed by atoms with Gasteiger partial charge in [0.05, 0.1) is 10.3 Å². The van der Waals surface area contributed by atoms with Crippen LogP contribution in [0.5, 0.6) is 5.75 Å². The third-order valence-electron chi connectivity index (χ3n) is 3.31. The summed E-state index contributed by atoms with van der Waals surface area (Å²) < 4.78 is 5.48. The van der Waals surface area contributed by atoms with Gasteiger partial charge < -0.3 is 4.74 Å². The number of rotatable bonds is 5. The lowest BCUT2D eigenvalue weighted by Gasteiger charge is -2.08. The van der Waals surface area contributed by atoms with E-state index in [1.807, 2.05) is 0 Å². The number of nitro benzene ring substituents is 1. The molecule has 6 nitrogen and oxygen atoms in total. The summed E-state index contributed by atoms with van der Waals surface area (Å²) in [5.74, 6) is 0.611. The third kappa shape index (κ3) is 2.32. The molecule has 0 amide bonds. The monoisotopic (exact) mass is 272 g/mol. The summed E-state index contributed by atoms with van der Waals surface area (Å²) in [5, 5.41) is 11.4. The number of carbonyl (C=O) groups is 1. The van der Waals surface area contributed by atoms with Crippen molar-refractivity contribution in [2.45, 2.75) is 12.8 Å². The summed E-state index contributed by atoms with van der Waals surface area (Å²) in [4.78, 5) is 26.3. The number of ether oxygens (including phenoxy) is 1. The topological polar surface area (TPSA) is 82.3 Å². The van der Waals surface area contributed by atoms with E-state index in [-0.39, 0.29) is 24.0 Å². The van der Waals surface area contributed by atoms with Gasteiger partial charge in [0.1, 0.15) is 17.9 Å². The average Bonchev–Trinajstić information content (AvgIpc) is 3.28. The number of benzene rings is 1. The summed E-state index contributed by atoms with van der Waals surface area (Å²) in [6.07, 6.45) is 3.41. The number of ketones is 1. The SMILES string of the molecule is O=C(COc1ccc([N+](=O)[O-])c2cccnc12)C1CC1. The highest BCUT2D eigenvalue weighted by molar-refractivity contribution is 5.92. The van der Waals surface area contributed by atoms with Gasteiger partial charge in [-0.1, -0.05) is 0 Å². The highest BCUT2D eigenvalue weighted by Crippen LogP contribution is 2.33. The van der Waals surface area contributed by atoms with E-state index in [9.17, 15) is 14.9 Å². The predicted octanol–water partition coefficient (Wildman–Crippen LogP) is 2.50. The first-order chi connectivity index (χ1) is 9.66. The van der Waals surface area contributed by atoms with Crippen LogP contribution in [0.1, 0.15) is 12.8 Å². The number of nitrogens with zero attached hydrogens (tertiary/aromatic N) is 2. The number of Topliss-reactive ketones (excluding diaryl/α,β-unsaturated/α-hetero) is 1. The van der Waals surface area contributed by atoms with E-state index in [0.717, 1.165) is 12.8 Å². The number of hydrogen-bond donors (Lipinski definition) is 0. The Balaban J connectivity index is 1.93. The maximum absolute atomic E-state index is 11.6. The largest absolute Gasteiger partial charge is 0.484 e. The van der Waals surface area contributed by atoms with Gasteiger partial charge in [-0.3, -0.25) is 19.9 Å². The molecule has 1 saturated carbocycles. The molecule has 20 heavy (non-hydrogen) atoms. The van der Waals surface area contributed by atoms with Gasteiger partial charge >= 0.3 is 0 Å². The van der Waals surface area contributed by atoms with Crippen LogP contribution in [0.3, 0.4) is 0 Å². The van der Waals surface area contributed by atoms with E-state index in [0.29, 0.717) is 16.7 Å². The second-order valence-corrected chi connectivity index (χ2v) is 4.77. The molecule has 2 aromatic rings.